The van der Waals surface area contributed by atoms with E-state index < -0.39 is 0 Å². The summed E-state index contributed by atoms with van der Waals surface area (Å²) in [6.07, 6.45) is 3.84. The predicted octanol–water partition coefficient (Wildman–Crippen LogP) is 1.30. The molecular formula is C14H25N3O2. The third kappa shape index (κ3) is 4.69. The highest BCUT2D eigenvalue weighted by atomic mass is 16.3. The van der Waals surface area contributed by atoms with Gasteiger partial charge in [-0.3, -0.25) is 9.69 Å². The second-order valence-corrected chi connectivity index (χ2v) is 4.71. The van der Waals surface area contributed by atoms with Gasteiger partial charge < -0.3 is 15.1 Å². The van der Waals surface area contributed by atoms with Crippen LogP contribution in [0.3, 0.4) is 0 Å². The molecule has 0 saturated carbocycles. The predicted molar refractivity (Wildman–Crippen MR) is 75.6 cm³/mol. The smallest absolute Gasteiger partial charge is 0.224 e. The third-order valence-electron chi connectivity index (χ3n) is 3.43. The van der Waals surface area contributed by atoms with Crippen LogP contribution in [0.15, 0.2) is 23.0 Å². The number of furan rings is 1. The minimum Gasteiger partial charge on any atom is -0.472 e. The number of nitrogens with zero attached hydrogens (tertiary/aromatic N) is 2. The molecule has 1 amide bonds. The summed E-state index contributed by atoms with van der Waals surface area (Å²) in [7, 11) is 1.99. The molecule has 0 aliphatic carbocycles. The van der Waals surface area contributed by atoms with Crippen molar-refractivity contribution < 1.29 is 9.21 Å². The lowest BCUT2D eigenvalue weighted by atomic mass is 10.1. The van der Waals surface area contributed by atoms with Crippen LogP contribution < -0.4 is 5.73 Å². The summed E-state index contributed by atoms with van der Waals surface area (Å²) in [5, 5.41) is 0. The summed E-state index contributed by atoms with van der Waals surface area (Å²) in [4.78, 5) is 16.1. The first kappa shape index (κ1) is 15.7. The van der Waals surface area contributed by atoms with E-state index in [4.69, 9.17) is 10.2 Å². The molecule has 0 saturated heterocycles. The fourth-order valence-electron chi connectivity index (χ4n) is 2.13. The molecule has 1 heterocycles. The van der Waals surface area contributed by atoms with E-state index in [9.17, 15) is 4.79 Å². The average Bonchev–Trinajstić information content (AvgIpc) is 2.90. The lowest BCUT2D eigenvalue weighted by Crippen LogP contribution is -2.42. The molecule has 0 bridgehead atoms. The Balaban J connectivity index is 2.54. The van der Waals surface area contributed by atoms with Crippen LogP contribution in [0.1, 0.15) is 25.8 Å². The molecule has 0 aliphatic heterocycles. The van der Waals surface area contributed by atoms with Crippen LogP contribution in [0.2, 0.25) is 0 Å². The standard InChI is InChI=1S/C14H25N3O2/c1-4-17(5-2)14(18)8-13(9-15)16(3)10-12-6-7-19-11-12/h6-7,11,13H,4-5,8-10,15H2,1-3H3. The number of likely N-dealkylation sites (N-methyl/N-ethyl adjacent to an activating group) is 1. The Bertz CT molecular complexity index is 361. The van der Waals surface area contributed by atoms with Gasteiger partial charge in [0.05, 0.1) is 12.5 Å². The zero-order chi connectivity index (χ0) is 14.3. The van der Waals surface area contributed by atoms with Crippen LogP contribution in [-0.4, -0.2) is 48.4 Å². The first-order valence-corrected chi connectivity index (χ1v) is 6.81. The van der Waals surface area contributed by atoms with E-state index in [-0.39, 0.29) is 11.9 Å². The topological polar surface area (TPSA) is 62.7 Å². The highest BCUT2D eigenvalue weighted by Gasteiger charge is 2.20. The second kappa shape index (κ2) is 7.96. The van der Waals surface area contributed by atoms with E-state index in [1.165, 1.54) is 0 Å². The van der Waals surface area contributed by atoms with Crippen LogP contribution in [0.4, 0.5) is 0 Å². The van der Waals surface area contributed by atoms with Gasteiger partial charge in [0.15, 0.2) is 0 Å². The van der Waals surface area contributed by atoms with Crippen molar-refractivity contribution >= 4 is 5.91 Å². The lowest BCUT2D eigenvalue weighted by Gasteiger charge is -2.28. The summed E-state index contributed by atoms with van der Waals surface area (Å²) in [6, 6.07) is 1.99. The summed E-state index contributed by atoms with van der Waals surface area (Å²) in [5.74, 6) is 0.166. The number of rotatable bonds is 8. The Morgan fingerprint density at radius 1 is 1.42 bits per heavy atom. The van der Waals surface area contributed by atoms with Crippen molar-refractivity contribution in [3.63, 3.8) is 0 Å². The molecule has 2 N–H and O–H groups in total. The van der Waals surface area contributed by atoms with Crippen LogP contribution in [0.25, 0.3) is 0 Å². The lowest BCUT2D eigenvalue weighted by molar-refractivity contribution is -0.132. The Morgan fingerprint density at radius 3 is 2.58 bits per heavy atom. The van der Waals surface area contributed by atoms with Gasteiger partial charge in [0.25, 0.3) is 0 Å². The Labute approximate surface area is 115 Å². The van der Waals surface area contributed by atoms with Gasteiger partial charge in [-0.05, 0) is 27.0 Å². The van der Waals surface area contributed by atoms with Gasteiger partial charge >= 0.3 is 0 Å². The number of hydrogen-bond acceptors (Lipinski definition) is 4. The Hall–Kier alpha value is -1.33. The molecule has 1 rings (SSSR count). The van der Waals surface area contributed by atoms with Crippen molar-refractivity contribution in [2.45, 2.75) is 32.9 Å². The normalized spacial score (nSPS) is 12.7. The minimum atomic E-state index is 0.0583. The van der Waals surface area contributed by atoms with Gasteiger partial charge in [-0.1, -0.05) is 0 Å². The molecule has 0 spiro atoms. The summed E-state index contributed by atoms with van der Waals surface area (Å²) < 4.78 is 5.05. The molecule has 1 aromatic heterocycles. The van der Waals surface area contributed by atoms with E-state index in [2.05, 4.69) is 4.90 Å². The Kier molecular flexibility index (Phi) is 6.59. The van der Waals surface area contributed by atoms with Crippen LogP contribution in [0.5, 0.6) is 0 Å². The minimum absolute atomic E-state index is 0.0583. The van der Waals surface area contributed by atoms with Crippen molar-refractivity contribution in [3.8, 4) is 0 Å². The summed E-state index contributed by atoms with van der Waals surface area (Å²) in [5.41, 5.74) is 6.89. The van der Waals surface area contributed by atoms with Gasteiger partial charge in [0.1, 0.15) is 0 Å². The highest BCUT2D eigenvalue weighted by Crippen LogP contribution is 2.10. The molecule has 0 fully saturated rings. The first-order chi connectivity index (χ1) is 9.12. The molecule has 0 aromatic carbocycles. The zero-order valence-corrected chi connectivity index (χ0v) is 12.1. The molecule has 108 valence electrons. The van der Waals surface area contributed by atoms with Crippen molar-refractivity contribution in [2.75, 3.05) is 26.7 Å². The molecule has 19 heavy (non-hydrogen) atoms. The van der Waals surface area contributed by atoms with Gasteiger partial charge in [-0.2, -0.15) is 0 Å². The maximum absolute atomic E-state index is 12.1. The van der Waals surface area contributed by atoms with Gasteiger partial charge in [0.2, 0.25) is 5.91 Å². The molecule has 0 radical (unpaired) electrons. The molecule has 5 nitrogen and oxygen atoms in total. The van der Waals surface area contributed by atoms with E-state index in [1.54, 1.807) is 12.5 Å². The van der Waals surface area contributed by atoms with Crippen molar-refractivity contribution in [1.82, 2.24) is 9.80 Å². The quantitative estimate of drug-likeness (QED) is 0.771. The number of nitrogens with two attached hydrogens (primary N) is 1. The van der Waals surface area contributed by atoms with E-state index >= 15 is 0 Å². The fourth-order valence-corrected chi connectivity index (χ4v) is 2.13. The van der Waals surface area contributed by atoms with Gasteiger partial charge in [0, 0.05) is 44.2 Å². The monoisotopic (exact) mass is 267 g/mol. The molecule has 1 atom stereocenters. The first-order valence-electron chi connectivity index (χ1n) is 6.81. The highest BCUT2D eigenvalue weighted by molar-refractivity contribution is 5.76. The van der Waals surface area contributed by atoms with Gasteiger partial charge in [-0.25, -0.2) is 0 Å². The van der Waals surface area contributed by atoms with Gasteiger partial charge in [-0.15, -0.1) is 0 Å². The van der Waals surface area contributed by atoms with Crippen LogP contribution in [0, 0.1) is 0 Å². The summed E-state index contributed by atoms with van der Waals surface area (Å²) >= 11 is 0. The SMILES string of the molecule is CCN(CC)C(=O)CC(CN)N(C)Cc1ccoc1. The van der Waals surface area contributed by atoms with Crippen molar-refractivity contribution in [3.05, 3.63) is 24.2 Å². The maximum atomic E-state index is 12.1. The number of carbonyl (C=O) groups is 1. The average molecular weight is 267 g/mol. The van der Waals surface area contributed by atoms with E-state index in [0.717, 1.165) is 25.2 Å². The summed E-state index contributed by atoms with van der Waals surface area (Å²) in [6.45, 7) is 6.70. The molecule has 0 aliphatic rings. The fraction of sp³-hybridized carbons (Fsp3) is 0.643. The maximum Gasteiger partial charge on any atom is 0.224 e. The zero-order valence-electron chi connectivity index (χ0n) is 12.1. The molecule has 5 heteroatoms. The largest absolute Gasteiger partial charge is 0.472 e. The van der Waals surface area contributed by atoms with Crippen molar-refractivity contribution in [2.24, 2.45) is 5.73 Å². The number of hydrogen-bond donors (Lipinski definition) is 1. The molecular weight excluding hydrogens is 242 g/mol. The number of amides is 1. The van der Waals surface area contributed by atoms with E-state index in [1.807, 2.05) is 31.9 Å². The van der Waals surface area contributed by atoms with Crippen LogP contribution >= 0.6 is 0 Å². The Morgan fingerprint density at radius 2 is 2.11 bits per heavy atom. The molecule has 1 aromatic rings. The molecule has 1 unspecified atom stereocenters. The number of carbonyl (C=O) groups excluding carboxylic acids is 1. The van der Waals surface area contributed by atoms with Crippen molar-refractivity contribution in [1.29, 1.82) is 0 Å². The second-order valence-electron chi connectivity index (χ2n) is 4.71. The van der Waals surface area contributed by atoms with Crippen LogP contribution in [-0.2, 0) is 11.3 Å². The van der Waals surface area contributed by atoms with E-state index in [0.29, 0.717) is 13.0 Å². The third-order valence-corrected chi connectivity index (χ3v) is 3.43.